The predicted octanol–water partition coefficient (Wildman–Crippen LogP) is 2.86. The Morgan fingerprint density at radius 3 is 2.50 bits per heavy atom. The highest BCUT2D eigenvalue weighted by Gasteiger charge is 2.11. The third kappa shape index (κ3) is 2.03. The van der Waals surface area contributed by atoms with Crippen LogP contribution in [0.4, 0.5) is 0 Å². The zero-order chi connectivity index (χ0) is 15.1. The Morgan fingerprint density at radius 1 is 1.00 bits per heavy atom. The first kappa shape index (κ1) is 13.2. The number of aromatic nitrogens is 4. The summed E-state index contributed by atoms with van der Waals surface area (Å²) in [5.74, 6) is 0. The van der Waals surface area contributed by atoms with Gasteiger partial charge >= 0.3 is 0 Å². The molecule has 0 spiro atoms. The van der Waals surface area contributed by atoms with E-state index in [4.69, 9.17) is 0 Å². The Kier molecular flexibility index (Phi) is 3.04. The highest BCUT2D eigenvalue weighted by Crippen LogP contribution is 2.16. The summed E-state index contributed by atoms with van der Waals surface area (Å²) in [5, 5.41) is 9.57. The molecule has 0 aliphatic carbocycles. The van der Waals surface area contributed by atoms with Crippen molar-refractivity contribution in [3.05, 3.63) is 75.2 Å². The van der Waals surface area contributed by atoms with E-state index in [1.54, 1.807) is 15.5 Å². The van der Waals surface area contributed by atoms with Gasteiger partial charge in [0.2, 0.25) is 0 Å². The maximum atomic E-state index is 12.8. The molecule has 5 nitrogen and oxygen atoms in total. The van der Waals surface area contributed by atoms with Crippen molar-refractivity contribution in [3.8, 4) is 0 Å². The average Bonchev–Trinajstić information content (AvgIpc) is 3.03. The molecule has 0 fully saturated rings. The highest BCUT2D eigenvalue weighted by molar-refractivity contribution is 9.10. The summed E-state index contributed by atoms with van der Waals surface area (Å²) < 4.78 is 4.38. The van der Waals surface area contributed by atoms with Crippen LogP contribution in [0.25, 0.3) is 16.4 Å². The number of fused-ring (bicyclic) bond motifs is 3. The van der Waals surface area contributed by atoms with Gasteiger partial charge < -0.3 is 0 Å². The Labute approximate surface area is 133 Å². The van der Waals surface area contributed by atoms with Crippen molar-refractivity contribution in [2.24, 2.45) is 0 Å². The first-order valence-electron chi connectivity index (χ1n) is 6.80. The van der Waals surface area contributed by atoms with E-state index in [2.05, 4.69) is 26.1 Å². The second-order valence-corrected chi connectivity index (χ2v) is 5.95. The number of rotatable bonds is 2. The fourth-order valence-electron chi connectivity index (χ4n) is 2.60. The molecule has 2 heterocycles. The second-order valence-electron chi connectivity index (χ2n) is 5.03. The Bertz CT molecular complexity index is 1030. The van der Waals surface area contributed by atoms with Gasteiger partial charge in [-0.1, -0.05) is 46.3 Å². The van der Waals surface area contributed by atoms with Crippen molar-refractivity contribution in [1.82, 2.24) is 19.4 Å². The van der Waals surface area contributed by atoms with E-state index in [1.807, 2.05) is 48.5 Å². The summed E-state index contributed by atoms with van der Waals surface area (Å²) in [6.07, 6.45) is 1.57. The SMILES string of the molecule is O=c1c2ccccc2c2nncn2n1Cc1ccc(Br)cc1. The van der Waals surface area contributed by atoms with Crippen molar-refractivity contribution in [3.63, 3.8) is 0 Å². The summed E-state index contributed by atoms with van der Waals surface area (Å²) in [6, 6.07) is 15.4. The molecular formula is C16H11BrN4O. The van der Waals surface area contributed by atoms with Crippen LogP contribution in [0.2, 0.25) is 0 Å². The minimum Gasteiger partial charge on any atom is -0.267 e. The first-order chi connectivity index (χ1) is 10.7. The molecule has 0 aliphatic rings. The van der Waals surface area contributed by atoms with Crippen LogP contribution >= 0.6 is 15.9 Å². The largest absolute Gasteiger partial charge is 0.273 e. The van der Waals surface area contributed by atoms with Crippen LogP contribution in [0.1, 0.15) is 5.56 Å². The van der Waals surface area contributed by atoms with E-state index in [0.717, 1.165) is 15.4 Å². The van der Waals surface area contributed by atoms with E-state index >= 15 is 0 Å². The van der Waals surface area contributed by atoms with Crippen LogP contribution in [0.5, 0.6) is 0 Å². The fraction of sp³-hybridized carbons (Fsp3) is 0.0625. The van der Waals surface area contributed by atoms with Crippen LogP contribution in [0, 0.1) is 0 Å². The molecule has 6 heteroatoms. The summed E-state index contributed by atoms with van der Waals surface area (Å²) in [4.78, 5) is 12.8. The van der Waals surface area contributed by atoms with Crippen LogP contribution in [0.3, 0.4) is 0 Å². The number of hydrogen-bond acceptors (Lipinski definition) is 3. The molecule has 0 saturated heterocycles. The molecule has 2 aromatic heterocycles. The highest BCUT2D eigenvalue weighted by atomic mass is 79.9. The molecule has 4 rings (SSSR count). The standard InChI is InChI=1S/C16H11BrN4O/c17-12-7-5-11(6-8-12)9-20-16(22)14-4-2-1-3-13(14)15-19-18-10-21(15)20/h1-8,10H,9H2. The van der Waals surface area contributed by atoms with E-state index in [9.17, 15) is 4.79 Å². The van der Waals surface area contributed by atoms with Gasteiger partial charge in [0, 0.05) is 9.86 Å². The minimum atomic E-state index is -0.0502. The topological polar surface area (TPSA) is 52.2 Å². The second kappa shape index (κ2) is 5.06. The smallest absolute Gasteiger partial charge is 0.267 e. The first-order valence-corrected chi connectivity index (χ1v) is 7.59. The molecule has 0 bridgehead atoms. The van der Waals surface area contributed by atoms with Crippen molar-refractivity contribution < 1.29 is 0 Å². The summed E-state index contributed by atoms with van der Waals surface area (Å²) in [7, 11) is 0. The summed E-state index contributed by atoms with van der Waals surface area (Å²) >= 11 is 3.42. The zero-order valence-corrected chi connectivity index (χ0v) is 13.1. The van der Waals surface area contributed by atoms with Crippen molar-refractivity contribution in [2.75, 3.05) is 0 Å². The van der Waals surface area contributed by atoms with Crippen LogP contribution < -0.4 is 5.56 Å². The van der Waals surface area contributed by atoms with Gasteiger partial charge in [0.05, 0.1) is 11.9 Å². The fourth-order valence-corrected chi connectivity index (χ4v) is 2.86. The molecule has 0 N–H and O–H groups in total. The average molecular weight is 355 g/mol. The number of halogens is 1. The maximum Gasteiger partial charge on any atom is 0.273 e. The lowest BCUT2D eigenvalue weighted by Crippen LogP contribution is -2.26. The van der Waals surface area contributed by atoms with E-state index in [1.165, 1.54) is 0 Å². The maximum absolute atomic E-state index is 12.8. The molecule has 4 aromatic rings. The molecule has 0 atom stereocenters. The molecule has 0 aliphatic heterocycles. The van der Waals surface area contributed by atoms with E-state index in [-0.39, 0.29) is 5.56 Å². The summed E-state index contributed by atoms with van der Waals surface area (Å²) in [6.45, 7) is 0.464. The van der Waals surface area contributed by atoms with Crippen molar-refractivity contribution >= 4 is 32.3 Å². The molecule has 0 radical (unpaired) electrons. The number of benzene rings is 2. The Morgan fingerprint density at radius 2 is 1.73 bits per heavy atom. The van der Waals surface area contributed by atoms with Gasteiger partial charge in [0.15, 0.2) is 5.65 Å². The third-order valence-electron chi connectivity index (χ3n) is 3.67. The van der Waals surface area contributed by atoms with Gasteiger partial charge in [0.25, 0.3) is 5.56 Å². The van der Waals surface area contributed by atoms with Gasteiger partial charge in [-0.3, -0.25) is 4.79 Å². The number of nitrogens with zero attached hydrogens (tertiary/aromatic N) is 4. The quantitative estimate of drug-likeness (QED) is 0.556. The molecule has 0 unspecified atom stereocenters. The molecule has 22 heavy (non-hydrogen) atoms. The Balaban J connectivity index is 1.99. The monoisotopic (exact) mass is 354 g/mol. The summed E-state index contributed by atoms with van der Waals surface area (Å²) in [5.41, 5.74) is 1.67. The molecule has 2 aromatic carbocycles. The molecular weight excluding hydrogens is 344 g/mol. The lowest BCUT2D eigenvalue weighted by molar-refractivity contribution is 0.605. The van der Waals surface area contributed by atoms with Crippen LogP contribution in [-0.4, -0.2) is 19.4 Å². The lowest BCUT2D eigenvalue weighted by Gasteiger charge is -2.11. The van der Waals surface area contributed by atoms with Crippen LogP contribution in [-0.2, 0) is 6.54 Å². The lowest BCUT2D eigenvalue weighted by atomic mass is 10.2. The van der Waals surface area contributed by atoms with Gasteiger partial charge in [-0.2, -0.15) is 0 Å². The molecule has 108 valence electrons. The predicted molar refractivity (Wildman–Crippen MR) is 88.0 cm³/mol. The van der Waals surface area contributed by atoms with Gasteiger partial charge in [0.1, 0.15) is 6.33 Å². The van der Waals surface area contributed by atoms with E-state index in [0.29, 0.717) is 17.6 Å². The normalized spacial score (nSPS) is 11.3. The third-order valence-corrected chi connectivity index (χ3v) is 4.20. The number of hydrogen-bond donors (Lipinski definition) is 0. The molecule has 0 amide bonds. The zero-order valence-electron chi connectivity index (χ0n) is 11.5. The molecule has 0 saturated carbocycles. The van der Waals surface area contributed by atoms with Crippen molar-refractivity contribution in [2.45, 2.75) is 6.54 Å². The van der Waals surface area contributed by atoms with Gasteiger partial charge in [-0.25, -0.2) is 9.20 Å². The van der Waals surface area contributed by atoms with E-state index < -0.39 is 0 Å². The Hall–Kier alpha value is -2.47. The van der Waals surface area contributed by atoms with Gasteiger partial charge in [-0.15, -0.1) is 10.2 Å². The van der Waals surface area contributed by atoms with Crippen LogP contribution in [0.15, 0.2) is 64.1 Å². The van der Waals surface area contributed by atoms with Gasteiger partial charge in [-0.05, 0) is 23.8 Å². The van der Waals surface area contributed by atoms with Crippen molar-refractivity contribution in [1.29, 1.82) is 0 Å². The minimum absolute atomic E-state index is 0.0502.